The molecular formula is C10H20N4O. The number of aromatic nitrogens is 2. The van der Waals surface area contributed by atoms with Crippen molar-refractivity contribution in [1.29, 1.82) is 0 Å². The van der Waals surface area contributed by atoms with Crippen molar-refractivity contribution in [2.75, 3.05) is 19.6 Å². The van der Waals surface area contributed by atoms with Gasteiger partial charge in [-0.2, -0.15) is 4.98 Å². The molecule has 0 unspecified atom stereocenters. The molecule has 0 amide bonds. The number of likely N-dealkylation sites (N-methyl/N-ethyl adjacent to an activating group) is 1. The van der Waals surface area contributed by atoms with E-state index in [0.29, 0.717) is 5.89 Å². The Morgan fingerprint density at radius 3 is 2.53 bits per heavy atom. The van der Waals surface area contributed by atoms with Crippen molar-refractivity contribution in [3.8, 4) is 0 Å². The van der Waals surface area contributed by atoms with Gasteiger partial charge in [-0.3, -0.25) is 0 Å². The molecule has 1 aromatic rings. The molecule has 0 radical (unpaired) electrons. The van der Waals surface area contributed by atoms with Crippen LogP contribution in [0.4, 0.5) is 0 Å². The van der Waals surface area contributed by atoms with Gasteiger partial charge in [0.05, 0.1) is 6.04 Å². The average Bonchev–Trinajstić information content (AvgIpc) is 2.68. The minimum atomic E-state index is -0.181. The molecule has 2 N–H and O–H groups in total. The van der Waals surface area contributed by atoms with Crippen molar-refractivity contribution in [3.05, 3.63) is 11.7 Å². The average molecular weight is 212 g/mol. The summed E-state index contributed by atoms with van der Waals surface area (Å²) in [6.45, 7) is 9.19. The summed E-state index contributed by atoms with van der Waals surface area (Å²) in [4.78, 5) is 6.54. The Labute approximate surface area is 90.6 Å². The number of rotatable bonds is 6. The zero-order chi connectivity index (χ0) is 11.3. The smallest absolute Gasteiger partial charge is 0.243 e. The second kappa shape index (κ2) is 5.82. The van der Waals surface area contributed by atoms with Gasteiger partial charge in [-0.05, 0) is 20.0 Å². The van der Waals surface area contributed by atoms with Crippen LogP contribution in [-0.2, 0) is 6.42 Å². The third-order valence-electron chi connectivity index (χ3n) is 2.42. The summed E-state index contributed by atoms with van der Waals surface area (Å²) in [5, 5.41) is 3.89. The highest BCUT2D eigenvalue weighted by Crippen LogP contribution is 2.06. The number of hydrogen-bond acceptors (Lipinski definition) is 5. The normalized spacial score (nSPS) is 13.4. The third-order valence-corrected chi connectivity index (χ3v) is 2.42. The minimum absolute atomic E-state index is 0.181. The largest absolute Gasteiger partial charge is 0.338 e. The van der Waals surface area contributed by atoms with Gasteiger partial charge in [-0.15, -0.1) is 0 Å². The number of hydrogen-bond donors (Lipinski definition) is 1. The first-order valence-corrected chi connectivity index (χ1v) is 5.47. The highest BCUT2D eigenvalue weighted by molar-refractivity contribution is 4.90. The molecule has 0 bridgehead atoms. The number of nitrogens with zero attached hydrogens (tertiary/aromatic N) is 3. The molecule has 0 aliphatic heterocycles. The third kappa shape index (κ3) is 3.60. The van der Waals surface area contributed by atoms with Gasteiger partial charge in [-0.1, -0.05) is 19.0 Å². The van der Waals surface area contributed by atoms with E-state index in [1.807, 2.05) is 6.92 Å². The Kier molecular flexibility index (Phi) is 4.71. The van der Waals surface area contributed by atoms with Crippen LogP contribution in [0.15, 0.2) is 4.52 Å². The van der Waals surface area contributed by atoms with Gasteiger partial charge in [0.25, 0.3) is 0 Å². The fourth-order valence-corrected chi connectivity index (χ4v) is 1.35. The number of nitrogens with two attached hydrogens (primary N) is 1. The first kappa shape index (κ1) is 12.1. The van der Waals surface area contributed by atoms with Gasteiger partial charge in [0.2, 0.25) is 5.89 Å². The minimum Gasteiger partial charge on any atom is -0.338 e. The van der Waals surface area contributed by atoms with Crippen molar-refractivity contribution < 1.29 is 4.52 Å². The van der Waals surface area contributed by atoms with Gasteiger partial charge < -0.3 is 15.2 Å². The van der Waals surface area contributed by atoms with E-state index in [-0.39, 0.29) is 6.04 Å². The molecule has 0 aliphatic carbocycles. The van der Waals surface area contributed by atoms with Crippen molar-refractivity contribution in [2.24, 2.45) is 5.73 Å². The van der Waals surface area contributed by atoms with E-state index in [2.05, 4.69) is 28.9 Å². The Morgan fingerprint density at radius 2 is 2.07 bits per heavy atom. The van der Waals surface area contributed by atoms with E-state index in [1.54, 1.807) is 0 Å². The van der Waals surface area contributed by atoms with Crippen LogP contribution in [0.2, 0.25) is 0 Å². The topological polar surface area (TPSA) is 68.2 Å². The quantitative estimate of drug-likeness (QED) is 0.761. The highest BCUT2D eigenvalue weighted by atomic mass is 16.5. The van der Waals surface area contributed by atoms with Gasteiger partial charge in [0.15, 0.2) is 5.82 Å². The molecular weight excluding hydrogens is 192 g/mol. The Hall–Kier alpha value is -0.940. The molecule has 0 saturated carbocycles. The molecule has 0 aromatic carbocycles. The maximum Gasteiger partial charge on any atom is 0.243 e. The van der Waals surface area contributed by atoms with Crippen LogP contribution in [0.3, 0.4) is 0 Å². The van der Waals surface area contributed by atoms with Crippen LogP contribution in [-0.4, -0.2) is 34.7 Å². The molecule has 5 heteroatoms. The maximum absolute atomic E-state index is 5.63. The Balaban J connectivity index is 2.43. The summed E-state index contributed by atoms with van der Waals surface area (Å²) in [6.07, 6.45) is 0.817. The van der Waals surface area contributed by atoms with Crippen LogP contribution in [0.5, 0.6) is 0 Å². The van der Waals surface area contributed by atoms with E-state index < -0.39 is 0 Å². The van der Waals surface area contributed by atoms with Crippen molar-refractivity contribution in [2.45, 2.75) is 33.2 Å². The lowest BCUT2D eigenvalue weighted by atomic mass is 10.3. The molecule has 86 valence electrons. The molecule has 5 nitrogen and oxygen atoms in total. The summed E-state index contributed by atoms with van der Waals surface area (Å²) >= 11 is 0. The molecule has 1 rings (SSSR count). The summed E-state index contributed by atoms with van der Waals surface area (Å²) in [5.74, 6) is 1.26. The standard InChI is InChI=1S/C10H20N4O/c1-4-14(5-2)7-6-9-12-10(8(3)11)15-13-9/h8H,4-7,11H2,1-3H3/t8-/m0/s1. The molecule has 1 aromatic heterocycles. The van der Waals surface area contributed by atoms with Crippen LogP contribution in [0.1, 0.15) is 38.5 Å². The Bertz CT molecular complexity index is 281. The summed E-state index contributed by atoms with van der Waals surface area (Å²) in [7, 11) is 0. The van der Waals surface area contributed by atoms with Crippen LogP contribution < -0.4 is 5.73 Å². The monoisotopic (exact) mass is 212 g/mol. The molecule has 1 heterocycles. The lowest BCUT2D eigenvalue weighted by molar-refractivity contribution is 0.302. The summed E-state index contributed by atoms with van der Waals surface area (Å²) in [6, 6.07) is -0.181. The lowest BCUT2D eigenvalue weighted by Gasteiger charge is -2.16. The first-order valence-electron chi connectivity index (χ1n) is 5.47. The second-order valence-corrected chi connectivity index (χ2v) is 3.61. The van der Waals surface area contributed by atoms with Crippen molar-refractivity contribution >= 4 is 0 Å². The van der Waals surface area contributed by atoms with Gasteiger partial charge in [0, 0.05) is 13.0 Å². The van der Waals surface area contributed by atoms with Crippen molar-refractivity contribution in [1.82, 2.24) is 15.0 Å². The molecule has 1 atom stereocenters. The van der Waals surface area contributed by atoms with E-state index in [4.69, 9.17) is 10.3 Å². The summed E-state index contributed by atoms with van der Waals surface area (Å²) in [5.41, 5.74) is 5.63. The second-order valence-electron chi connectivity index (χ2n) is 3.61. The Morgan fingerprint density at radius 1 is 1.40 bits per heavy atom. The zero-order valence-corrected chi connectivity index (χ0v) is 9.73. The molecule has 15 heavy (non-hydrogen) atoms. The predicted molar refractivity (Wildman–Crippen MR) is 58.4 cm³/mol. The zero-order valence-electron chi connectivity index (χ0n) is 9.73. The van der Waals surface area contributed by atoms with Gasteiger partial charge in [-0.25, -0.2) is 0 Å². The fraction of sp³-hybridized carbons (Fsp3) is 0.800. The van der Waals surface area contributed by atoms with E-state index >= 15 is 0 Å². The predicted octanol–water partition coefficient (Wildman–Crippen LogP) is 0.974. The van der Waals surface area contributed by atoms with E-state index in [9.17, 15) is 0 Å². The summed E-state index contributed by atoms with van der Waals surface area (Å²) < 4.78 is 5.02. The van der Waals surface area contributed by atoms with Gasteiger partial charge in [0.1, 0.15) is 0 Å². The van der Waals surface area contributed by atoms with Crippen molar-refractivity contribution in [3.63, 3.8) is 0 Å². The lowest BCUT2D eigenvalue weighted by Crippen LogP contribution is -2.25. The fourth-order valence-electron chi connectivity index (χ4n) is 1.35. The van der Waals surface area contributed by atoms with Crippen LogP contribution in [0.25, 0.3) is 0 Å². The van der Waals surface area contributed by atoms with E-state index in [0.717, 1.165) is 31.9 Å². The molecule has 0 fully saturated rings. The molecule has 0 aliphatic rings. The highest BCUT2D eigenvalue weighted by Gasteiger charge is 2.10. The maximum atomic E-state index is 5.63. The van der Waals surface area contributed by atoms with Crippen LogP contribution >= 0.6 is 0 Å². The first-order chi connectivity index (χ1) is 7.17. The molecule has 0 spiro atoms. The SMILES string of the molecule is CCN(CC)CCc1noc([C@H](C)N)n1. The van der Waals surface area contributed by atoms with E-state index in [1.165, 1.54) is 0 Å². The molecule has 0 saturated heterocycles. The van der Waals surface area contributed by atoms with Gasteiger partial charge >= 0.3 is 0 Å². The van der Waals surface area contributed by atoms with Crippen LogP contribution in [0, 0.1) is 0 Å².